The highest BCUT2D eigenvalue weighted by molar-refractivity contribution is 14.1. The summed E-state index contributed by atoms with van der Waals surface area (Å²) < 4.78 is 28.6. The van der Waals surface area contributed by atoms with Crippen LogP contribution in [0.3, 0.4) is 0 Å². The van der Waals surface area contributed by atoms with Gasteiger partial charge in [-0.05, 0) is 40.8 Å². The van der Waals surface area contributed by atoms with E-state index < -0.39 is 16.0 Å². The Hall–Kier alpha value is -1.62. The van der Waals surface area contributed by atoms with Gasteiger partial charge in [-0.2, -0.15) is 5.10 Å². The fourth-order valence-electron chi connectivity index (χ4n) is 1.52. The summed E-state index contributed by atoms with van der Waals surface area (Å²) in [5.74, 6) is -1.17. The van der Waals surface area contributed by atoms with Gasteiger partial charge in [0.2, 0.25) is 0 Å². The minimum absolute atomic E-state index is 0.0559. The van der Waals surface area contributed by atoms with Gasteiger partial charge in [0, 0.05) is 16.8 Å². The van der Waals surface area contributed by atoms with Gasteiger partial charge < -0.3 is 5.11 Å². The highest BCUT2D eigenvalue weighted by atomic mass is 127. The molecule has 2 N–H and O–H groups in total. The molecule has 7 nitrogen and oxygen atoms in total. The van der Waals surface area contributed by atoms with Crippen LogP contribution in [0.5, 0.6) is 0 Å². The second-order valence-electron chi connectivity index (χ2n) is 3.95. The third-order valence-electron chi connectivity index (χ3n) is 2.44. The Morgan fingerprint density at radius 1 is 1.45 bits per heavy atom. The molecule has 1 heterocycles. The summed E-state index contributed by atoms with van der Waals surface area (Å²) in [5.41, 5.74) is 0.252. The first-order chi connectivity index (χ1) is 9.29. The summed E-state index contributed by atoms with van der Waals surface area (Å²) in [7, 11) is -2.18. The fraction of sp³-hybridized carbons (Fsp3) is 0.0909. The molecule has 0 fully saturated rings. The number of sulfonamides is 1. The molecule has 0 saturated carbocycles. The number of halogens is 1. The van der Waals surface area contributed by atoms with Crippen molar-refractivity contribution < 1.29 is 18.3 Å². The van der Waals surface area contributed by atoms with Crippen molar-refractivity contribution in [3.05, 3.63) is 39.7 Å². The minimum Gasteiger partial charge on any atom is -0.478 e. The molecule has 0 saturated heterocycles. The van der Waals surface area contributed by atoms with Gasteiger partial charge in [-0.25, -0.2) is 13.2 Å². The van der Waals surface area contributed by atoms with Crippen molar-refractivity contribution in [2.75, 3.05) is 4.72 Å². The van der Waals surface area contributed by atoms with Crippen LogP contribution in [0.15, 0.2) is 35.5 Å². The van der Waals surface area contributed by atoms with Crippen LogP contribution in [0, 0.1) is 3.57 Å². The van der Waals surface area contributed by atoms with Crippen LogP contribution in [-0.2, 0) is 17.1 Å². The Morgan fingerprint density at radius 3 is 2.70 bits per heavy atom. The van der Waals surface area contributed by atoms with Gasteiger partial charge >= 0.3 is 5.97 Å². The maximum absolute atomic E-state index is 12.2. The number of aromatic nitrogens is 2. The monoisotopic (exact) mass is 407 g/mol. The number of anilines is 1. The van der Waals surface area contributed by atoms with Crippen LogP contribution >= 0.6 is 22.6 Å². The third-order valence-corrected chi connectivity index (χ3v) is 4.76. The zero-order chi connectivity index (χ0) is 14.9. The summed E-state index contributed by atoms with van der Waals surface area (Å²) >= 11 is 1.84. The van der Waals surface area contributed by atoms with Gasteiger partial charge in [0.05, 0.1) is 22.3 Å². The van der Waals surface area contributed by atoms with Gasteiger partial charge in [-0.3, -0.25) is 9.40 Å². The van der Waals surface area contributed by atoms with Crippen molar-refractivity contribution in [1.29, 1.82) is 0 Å². The largest absolute Gasteiger partial charge is 0.478 e. The maximum Gasteiger partial charge on any atom is 0.336 e. The van der Waals surface area contributed by atoms with Crippen LogP contribution < -0.4 is 4.72 Å². The molecule has 1 aromatic heterocycles. The van der Waals surface area contributed by atoms with Crippen LogP contribution in [0.2, 0.25) is 0 Å². The number of carboxylic acid groups (broad SMARTS) is 1. The van der Waals surface area contributed by atoms with E-state index >= 15 is 0 Å². The van der Waals surface area contributed by atoms with E-state index in [0.717, 1.165) is 6.07 Å². The van der Waals surface area contributed by atoms with E-state index in [1.54, 1.807) is 7.05 Å². The maximum atomic E-state index is 12.2. The molecule has 0 aliphatic carbocycles. The lowest BCUT2D eigenvalue weighted by atomic mass is 10.2. The first-order valence-corrected chi connectivity index (χ1v) is 7.90. The summed E-state index contributed by atoms with van der Waals surface area (Å²) in [4.78, 5) is 10.9. The van der Waals surface area contributed by atoms with Crippen LogP contribution in [-0.4, -0.2) is 29.3 Å². The zero-order valence-corrected chi connectivity index (χ0v) is 13.2. The summed E-state index contributed by atoms with van der Waals surface area (Å²) in [6, 6.07) is 3.93. The lowest BCUT2D eigenvalue weighted by Gasteiger charge is -2.07. The summed E-state index contributed by atoms with van der Waals surface area (Å²) in [6.45, 7) is 0. The molecule has 1 aromatic carbocycles. The number of hydrogen-bond acceptors (Lipinski definition) is 4. The van der Waals surface area contributed by atoms with Crippen molar-refractivity contribution in [2.45, 2.75) is 4.90 Å². The fourth-order valence-corrected chi connectivity index (χ4v) is 3.14. The molecule has 0 amide bonds. The van der Waals surface area contributed by atoms with Crippen molar-refractivity contribution in [3.8, 4) is 0 Å². The van der Waals surface area contributed by atoms with E-state index in [9.17, 15) is 13.2 Å². The molecule has 0 aliphatic rings. The number of aryl methyl sites for hydroxylation is 1. The second-order valence-corrected chi connectivity index (χ2v) is 6.80. The first kappa shape index (κ1) is 14.8. The van der Waals surface area contributed by atoms with E-state index in [0.29, 0.717) is 9.26 Å². The SMILES string of the molecule is Cn1cc(NS(=O)(=O)c2ccc(I)c(C(=O)O)c2)cn1. The molecular formula is C11H10IN3O4S. The molecule has 0 spiro atoms. The lowest BCUT2D eigenvalue weighted by molar-refractivity contribution is 0.0695. The number of benzene rings is 1. The smallest absolute Gasteiger partial charge is 0.336 e. The quantitative estimate of drug-likeness (QED) is 0.749. The van der Waals surface area contributed by atoms with Gasteiger partial charge in [-0.15, -0.1) is 0 Å². The normalized spacial score (nSPS) is 11.3. The summed E-state index contributed by atoms with van der Waals surface area (Å²) in [6.07, 6.45) is 2.87. The molecule has 0 unspecified atom stereocenters. The predicted molar refractivity (Wildman–Crippen MR) is 80.1 cm³/mol. The molecule has 0 bridgehead atoms. The molecule has 20 heavy (non-hydrogen) atoms. The Bertz CT molecular complexity index is 770. The number of aromatic carboxylic acids is 1. The summed E-state index contributed by atoms with van der Waals surface area (Å²) in [5, 5.41) is 12.9. The number of hydrogen-bond donors (Lipinski definition) is 2. The van der Waals surface area contributed by atoms with Crippen molar-refractivity contribution in [1.82, 2.24) is 9.78 Å². The Kier molecular flexibility index (Phi) is 3.99. The number of carbonyl (C=O) groups is 1. The van der Waals surface area contributed by atoms with Crippen LogP contribution in [0.1, 0.15) is 10.4 Å². The molecule has 0 atom stereocenters. The molecule has 0 radical (unpaired) electrons. The molecular weight excluding hydrogens is 397 g/mol. The van der Waals surface area contributed by atoms with E-state index in [1.807, 2.05) is 22.6 Å². The number of carboxylic acids is 1. The van der Waals surface area contributed by atoms with E-state index in [4.69, 9.17) is 5.11 Å². The highest BCUT2D eigenvalue weighted by Gasteiger charge is 2.18. The van der Waals surface area contributed by atoms with Crippen molar-refractivity contribution >= 4 is 44.3 Å². The topological polar surface area (TPSA) is 101 Å². The molecule has 2 aromatic rings. The van der Waals surface area contributed by atoms with Crippen LogP contribution in [0.25, 0.3) is 0 Å². The average Bonchev–Trinajstić information content (AvgIpc) is 2.73. The third kappa shape index (κ3) is 3.10. The number of nitrogens with one attached hydrogen (secondary N) is 1. The van der Waals surface area contributed by atoms with Gasteiger partial charge in [0.25, 0.3) is 10.0 Å². The zero-order valence-electron chi connectivity index (χ0n) is 10.2. The Balaban J connectivity index is 2.39. The second kappa shape index (κ2) is 5.40. The first-order valence-electron chi connectivity index (χ1n) is 5.34. The highest BCUT2D eigenvalue weighted by Crippen LogP contribution is 2.20. The van der Waals surface area contributed by atoms with Gasteiger partial charge in [0.1, 0.15) is 0 Å². The standard InChI is InChI=1S/C11H10IN3O4S/c1-15-6-7(5-13-15)14-20(18,19)8-2-3-10(12)9(4-8)11(16)17/h2-6,14H,1H3,(H,16,17). The van der Waals surface area contributed by atoms with E-state index in [2.05, 4.69) is 9.82 Å². The molecule has 0 aliphatic heterocycles. The lowest BCUT2D eigenvalue weighted by Crippen LogP contribution is -2.14. The molecule has 9 heteroatoms. The average molecular weight is 407 g/mol. The van der Waals surface area contributed by atoms with Crippen molar-refractivity contribution in [2.24, 2.45) is 7.05 Å². The van der Waals surface area contributed by atoms with Crippen LogP contribution in [0.4, 0.5) is 5.69 Å². The van der Waals surface area contributed by atoms with E-state index in [1.165, 1.54) is 29.2 Å². The molecule has 106 valence electrons. The van der Waals surface area contributed by atoms with Gasteiger partial charge in [0.15, 0.2) is 0 Å². The number of rotatable bonds is 4. The van der Waals surface area contributed by atoms with Gasteiger partial charge in [-0.1, -0.05) is 0 Å². The molecule has 2 rings (SSSR count). The Labute approximate surface area is 128 Å². The van der Waals surface area contributed by atoms with E-state index in [-0.39, 0.29) is 10.5 Å². The van der Waals surface area contributed by atoms with Crippen molar-refractivity contribution in [3.63, 3.8) is 0 Å². The minimum atomic E-state index is -3.84. The number of nitrogens with zero attached hydrogens (tertiary/aromatic N) is 2. The Morgan fingerprint density at radius 2 is 2.15 bits per heavy atom. The predicted octanol–water partition coefficient (Wildman–Crippen LogP) is 1.52.